The minimum atomic E-state index is -0.545. The van der Waals surface area contributed by atoms with Crippen molar-refractivity contribution in [3.63, 3.8) is 0 Å². The number of nitrogens with zero attached hydrogens (tertiary/aromatic N) is 2. The quantitative estimate of drug-likeness (QED) is 0.747. The zero-order valence-corrected chi connectivity index (χ0v) is 16.5. The number of carbonyl (C=O) groups excluding carboxylic acids is 2. The molecular weight excluding hydrogens is 406 g/mol. The number of hydrogen-bond acceptors (Lipinski definition) is 3. The van der Waals surface area contributed by atoms with Crippen molar-refractivity contribution in [2.24, 2.45) is 0 Å². The van der Waals surface area contributed by atoms with Crippen molar-refractivity contribution in [3.8, 4) is 5.75 Å². The van der Waals surface area contributed by atoms with E-state index in [1.807, 2.05) is 0 Å². The molecule has 5 nitrogen and oxygen atoms in total. The van der Waals surface area contributed by atoms with E-state index in [-0.39, 0.29) is 24.0 Å². The normalized spacial score (nSPS) is 14.5. The first-order chi connectivity index (χ1) is 13.5. The Hall–Kier alpha value is -2.31. The summed E-state index contributed by atoms with van der Waals surface area (Å²) in [6, 6.07) is 10.7. The molecule has 2 aromatic carbocycles. The van der Waals surface area contributed by atoms with E-state index in [1.165, 1.54) is 12.1 Å². The molecule has 148 valence electrons. The van der Waals surface area contributed by atoms with E-state index in [0.29, 0.717) is 48.4 Å². The van der Waals surface area contributed by atoms with Crippen LogP contribution in [0.25, 0.3) is 0 Å². The Kier molecular flexibility index (Phi) is 6.75. The van der Waals surface area contributed by atoms with E-state index in [1.54, 1.807) is 40.1 Å². The van der Waals surface area contributed by atoms with E-state index in [2.05, 4.69) is 0 Å². The lowest BCUT2D eigenvalue weighted by Crippen LogP contribution is -2.39. The molecule has 2 aromatic rings. The molecule has 0 unspecified atom stereocenters. The summed E-state index contributed by atoms with van der Waals surface area (Å²) in [5.41, 5.74) is 0.0428. The van der Waals surface area contributed by atoms with Gasteiger partial charge in [0, 0.05) is 37.3 Å². The average molecular weight is 425 g/mol. The Labute approximate surface area is 172 Å². The van der Waals surface area contributed by atoms with Crippen LogP contribution in [-0.2, 0) is 4.79 Å². The van der Waals surface area contributed by atoms with Gasteiger partial charge in [0.1, 0.15) is 11.6 Å². The van der Waals surface area contributed by atoms with Crippen LogP contribution in [-0.4, -0.2) is 54.4 Å². The summed E-state index contributed by atoms with van der Waals surface area (Å²) in [5.74, 6) is -0.782. The lowest BCUT2D eigenvalue weighted by molar-refractivity contribution is -0.133. The maximum absolute atomic E-state index is 13.9. The number of halogens is 3. The Morgan fingerprint density at radius 2 is 1.71 bits per heavy atom. The van der Waals surface area contributed by atoms with Crippen LogP contribution in [0.4, 0.5) is 4.39 Å². The van der Waals surface area contributed by atoms with Crippen LogP contribution in [0.2, 0.25) is 10.0 Å². The van der Waals surface area contributed by atoms with Crippen molar-refractivity contribution in [1.29, 1.82) is 0 Å². The van der Waals surface area contributed by atoms with Gasteiger partial charge in [0.2, 0.25) is 0 Å². The molecular formula is C20H19Cl2FN2O3. The van der Waals surface area contributed by atoms with Crippen molar-refractivity contribution in [3.05, 3.63) is 63.9 Å². The number of benzene rings is 2. The van der Waals surface area contributed by atoms with Crippen LogP contribution in [0, 0.1) is 5.82 Å². The van der Waals surface area contributed by atoms with E-state index in [9.17, 15) is 14.0 Å². The molecule has 0 radical (unpaired) electrons. The molecule has 0 spiro atoms. The highest BCUT2D eigenvalue weighted by Gasteiger charge is 2.24. The average Bonchev–Trinajstić information content (AvgIpc) is 2.94. The summed E-state index contributed by atoms with van der Waals surface area (Å²) in [7, 11) is 0. The first kappa shape index (κ1) is 20.4. The highest BCUT2D eigenvalue weighted by atomic mass is 35.5. The van der Waals surface area contributed by atoms with Gasteiger partial charge in [-0.1, -0.05) is 35.3 Å². The molecule has 0 saturated carbocycles. The van der Waals surface area contributed by atoms with E-state index in [0.717, 1.165) is 0 Å². The second-order valence-electron chi connectivity index (χ2n) is 6.37. The molecule has 2 amide bonds. The largest absolute Gasteiger partial charge is 0.482 e. The molecule has 0 aliphatic carbocycles. The molecule has 0 atom stereocenters. The smallest absolute Gasteiger partial charge is 0.260 e. The van der Waals surface area contributed by atoms with Crippen molar-refractivity contribution in [1.82, 2.24) is 9.80 Å². The third-order valence-electron chi connectivity index (χ3n) is 4.48. The van der Waals surface area contributed by atoms with Gasteiger partial charge in [-0.3, -0.25) is 9.59 Å². The highest BCUT2D eigenvalue weighted by molar-refractivity contribution is 6.34. The zero-order chi connectivity index (χ0) is 20.1. The Bertz CT molecular complexity index is 878. The summed E-state index contributed by atoms with van der Waals surface area (Å²) < 4.78 is 19.4. The minimum absolute atomic E-state index is 0.0428. The van der Waals surface area contributed by atoms with Crippen LogP contribution >= 0.6 is 23.2 Å². The van der Waals surface area contributed by atoms with Crippen molar-refractivity contribution in [2.75, 3.05) is 32.8 Å². The minimum Gasteiger partial charge on any atom is -0.482 e. The maximum Gasteiger partial charge on any atom is 0.260 e. The van der Waals surface area contributed by atoms with Crippen LogP contribution in [0.3, 0.4) is 0 Å². The fourth-order valence-corrected chi connectivity index (χ4v) is 3.33. The van der Waals surface area contributed by atoms with E-state index < -0.39 is 5.82 Å². The molecule has 1 aliphatic heterocycles. The topological polar surface area (TPSA) is 49.9 Å². The van der Waals surface area contributed by atoms with Crippen molar-refractivity contribution >= 4 is 35.0 Å². The molecule has 1 saturated heterocycles. The van der Waals surface area contributed by atoms with E-state index >= 15 is 0 Å². The van der Waals surface area contributed by atoms with Gasteiger partial charge in [0.25, 0.3) is 11.8 Å². The van der Waals surface area contributed by atoms with E-state index in [4.69, 9.17) is 27.9 Å². The second-order valence-corrected chi connectivity index (χ2v) is 7.21. The molecule has 0 aromatic heterocycles. The predicted octanol–water partition coefficient (Wildman–Crippen LogP) is 3.89. The summed E-state index contributed by atoms with van der Waals surface area (Å²) in [4.78, 5) is 28.2. The molecule has 1 heterocycles. The van der Waals surface area contributed by atoms with Crippen molar-refractivity contribution in [2.45, 2.75) is 6.42 Å². The van der Waals surface area contributed by atoms with Gasteiger partial charge in [-0.2, -0.15) is 0 Å². The number of ether oxygens (including phenoxy) is 1. The Balaban J connectivity index is 1.57. The molecule has 1 aliphatic rings. The highest BCUT2D eigenvalue weighted by Crippen LogP contribution is 2.27. The molecule has 8 heteroatoms. The molecule has 0 bridgehead atoms. The van der Waals surface area contributed by atoms with Gasteiger partial charge in [0.15, 0.2) is 6.61 Å². The molecule has 0 N–H and O–H groups in total. The van der Waals surface area contributed by atoms with Crippen LogP contribution < -0.4 is 4.74 Å². The number of carbonyl (C=O) groups is 2. The SMILES string of the molecule is O=C(COc1cc(Cl)ccc1Cl)N1CCCN(C(=O)c2ccccc2F)CC1. The zero-order valence-electron chi connectivity index (χ0n) is 15.0. The summed E-state index contributed by atoms with van der Waals surface area (Å²) >= 11 is 11.9. The third kappa shape index (κ3) is 4.94. The number of amides is 2. The van der Waals surface area contributed by atoms with Crippen molar-refractivity contribution < 1.29 is 18.7 Å². The van der Waals surface area contributed by atoms with Gasteiger partial charge in [-0.15, -0.1) is 0 Å². The fraction of sp³-hybridized carbons (Fsp3) is 0.300. The van der Waals surface area contributed by atoms with Crippen LogP contribution in [0.15, 0.2) is 42.5 Å². The first-order valence-corrected chi connectivity index (χ1v) is 9.60. The molecule has 1 fully saturated rings. The number of hydrogen-bond donors (Lipinski definition) is 0. The molecule has 3 rings (SSSR count). The lowest BCUT2D eigenvalue weighted by Gasteiger charge is -2.22. The molecule has 28 heavy (non-hydrogen) atoms. The summed E-state index contributed by atoms with van der Waals surface area (Å²) in [6.45, 7) is 1.45. The maximum atomic E-state index is 13.9. The lowest BCUT2D eigenvalue weighted by atomic mass is 10.2. The third-order valence-corrected chi connectivity index (χ3v) is 5.03. The van der Waals surface area contributed by atoms with Gasteiger partial charge >= 0.3 is 0 Å². The summed E-state index contributed by atoms with van der Waals surface area (Å²) in [6.07, 6.45) is 0.601. The summed E-state index contributed by atoms with van der Waals surface area (Å²) in [5, 5.41) is 0.832. The number of rotatable bonds is 4. The van der Waals surface area contributed by atoms with Gasteiger partial charge in [-0.05, 0) is 30.7 Å². The van der Waals surface area contributed by atoms with Gasteiger partial charge < -0.3 is 14.5 Å². The first-order valence-electron chi connectivity index (χ1n) is 8.85. The van der Waals surface area contributed by atoms with Gasteiger partial charge in [-0.25, -0.2) is 4.39 Å². The second kappa shape index (κ2) is 9.26. The van der Waals surface area contributed by atoms with Crippen LogP contribution in [0.1, 0.15) is 16.8 Å². The van der Waals surface area contributed by atoms with Gasteiger partial charge in [0.05, 0.1) is 10.6 Å². The fourth-order valence-electron chi connectivity index (χ4n) is 2.99. The monoisotopic (exact) mass is 424 g/mol. The standard InChI is InChI=1S/C20H19Cl2FN2O3/c21-14-6-7-16(22)18(12-14)28-13-19(26)24-8-3-9-25(11-10-24)20(27)15-4-1-2-5-17(15)23/h1-2,4-7,12H,3,8-11,13H2. The Morgan fingerprint density at radius 3 is 2.50 bits per heavy atom. The Morgan fingerprint density at radius 1 is 1.00 bits per heavy atom. The van der Waals surface area contributed by atoms with Crippen LogP contribution in [0.5, 0.6) is 5.75 Å². The predicted molar refractivity (Wildman–Crippen MR) is 105 cm³/mol.